The lowest BCUT2D eigenvalue weighted by molar-refractivity contribution is 0.318. The first kappa shape index (κ1) is 14.1. The van der Waals surface area contributed by atoms with E-state index in [1.165, 1.54) is 16.2 Å². The summed E-state index contributed by atoms with van der Waals surface area (Å²) in [6.07, 6.45) is 1.58. The number of nitrogens with two attached hydrogens (primary N) is 1. The summed E-state index contributed by atoms with van der Waals surface area (Å²) in [6.45, 7) is 3.87. The second-order valence-electron chi connectivity index (χ2n) is 5.50. The number of nitrogen functional groups attached to an aromatic ring is 1. The Balaban J connectivity index is 2.27. The van der Waals surface area contributed by atoms with Crippen molar-refractivity contribution >= 4 is 5.82 Å². The number of anilines is 1. The molecule has 106 valence electrons. The van der Waals surface area contributed by atoms with Crippen LogP contribution in [0.5, 0.6) is 0 Å². The van der Waals surface area contributed by atoms with Crippen molar-refractivity contribution in [3.63, 3.8) is 0 Å². The smallest absolute Gasteiger partial charge is 0.330 e. The van der Waals surface area contributed by atoms with E-state index in [1.807, 2.05) is 32.0 Å². The van der Waals surface area contributed by atoms with Gasteiger partial charge in [-0.15, -0.1) is 0 Å². The monoisotopic (exact) mass is 273 g/mol. The van der Waals surface area contributed by atoms with Gasteiger partial charge < -0.3 is 5.73 Å². The summed E-state index contributed by atoms with van der Waals surface area (Å²) in [4.78, 5) is 25.4. The first-order chi connectivity index (χ1) is 9.40. The average molecular weight is 273 g/mol. The molecule has 0 bridgehead atoms. The minimum absolute atomic E-state index is 0.191. The van der Waals surface area contributed by atoms with Crippen LogP contribution in [0.4, 0.5) is 5.82 Å². The quantitative estimate of drug-likeness (QED) is 0.885. The van der Waals surface area contributed by atoms with Gasteiger partial charge in [-0.05, 0) is 32.3 Å². The molecule has 0 aliphatic carbocycles. The molecule has 20 heavy (non-hydrogen) atoms. The molecule has 2 rings (SSSR count). The van der Waals surface area contributed by atoms with Crippen molar-refractivity contribution in [2.45, 2.75) is 32.2 Å². The van der Waals surface area contributed by atoms with Gasteiger partial charge in [0.05, 0.1) is 0 Å². The van der Waals surface area contributed by atoms with Crippen LogP contribution in [0.3, 0.4) is 0 Å². The van der Waals surface area contributed by atoms with Crippen LogP contribution < -0.4 is 17.0 Å². The highest BCUT2D eigenvalue weighted by Crippen LogP contribution is 2.22. The van der Waals surface area contributed by atoms with E-state index in [1.54, 1.807) is 0 Å². The molecule has 0 unspecified atom stereocenters. The van der Waals surface area contributed by atoms with Gasteiger partial charge in [-0.1, -0.05) is 30.3 Å². The maximum atomic E-state index is 11.9. The predicted octanol–water partition coefficient (Wildman–Crippen LogP) is 1.49. The SMILES string of the molecule is CC(C)(CCc1ccccc1)n1c(N)cc(=O)[nH]c1=O. The van der Waals surface area contributed by atoms with Crippen molar-refractivity contribution in [3.8, 4) is 0 Å². The van der Waals surface area contributed by atoms with Crippen molar-refractivity contribution < 1.29 is 0 Å². The lowest BCUT2D eigenvalue weighted by Gasteiger charge is -2.28. The highest BCUT2D eigenvalue weighted by atomic mass is 16.2. The van der Waals surface area contributed by atoms with Crippen LogP contribution in [0.15, 0.2) is 46.0 Å². The van der Waals surface area contributed by atoms with Gasteiger partial charge in [-0.2, -0.15) is 0 Å². The molecular formula is C15H19N3O2. The minimum Gasteiger partial charge on any atom is -0.385 e. The fourth-order valence-corrected chi connectivity index (χ4v) is 2.34. The number of aromatic amines is 1. The highest BCUT2D eigenvalue weighted by molar-refractivity contribution is 5.28. The van der Waals surface area contributed by atoms with Crippen LogP contribution in [-0.4, -0.2) is 9.55 Å². The van der Waals surface area contributed by atoms with E-state index in [-0.39, 0.29) is 5.82 Å². The van der Waals surface area contributed by atoms with Gasteiger partial charge in [-0.3, -0.25) is 14.3 Å². The molecule has 0 saturated carbocycles. The van der Waals surface area contributed by atoms with E-state index in [4.69, 9.17) is 5.73 Å². The van der Waals surface area contributed by atoms with Crippen molar-refractivity contribution in [2.24, 2.45) is 0 Å². The molecule has 0 aliphatic rings. The summed E-state index contributed by atoms with van der Waals surface area (Å²) >= 11 is 0. The Morgan fingerprint density at radius 2 is 1.85 bits per heavy atom. The number of hydrogen-bond acceptors (Lipinski definition) is 3. The third kappa shape index (κ3) is 2.99. The Morgan fingerprint density at radius 1 is 1.20 bits per heavy atom. The molecular weight excluding hydrogens is 254 g/mol. The summed E-state index contributed by atoms with van der Waals surface area (Å²) in [5, 5.41) is 0. The molecule has 2 aromatic rings. The van der Waals surface area contributed by atoms with Gasteiger partial charge in [0.2, 0.25) is 0 Å². The zero-order chi connectivity index (χ0) is 14.8. The Kier molecular flexibility index (Phi) is 3.79. The number of benzene rings is 1. The van der Waals surface area contributed by atoms with Gasteiger partial charge >= 0.3 is 5.69 Å². The molecule has 5 heteroatoms. The molecule has 0 saturated heterocycles. The molecule has 1 aromatic carbocycles. The summed E-state index contributed by atoms with van der Waals surface area (Å²) in [5.41, 5.74) is 5.62. The van der Waals surface area contributed by atoms with E-state index < -0.39 is 16.8 Å². The van der Waals surface area contributed by atoms with Crippen LogP contribution >= 0.6 is 0 Å². The first-order valence-corrected chi connectivity index (χ1v) is 6.56. The van der Waals surface area contributed by atoms with Crippen LogP contribution in [-0.2, 0) is 12.0 Å². The Hall–Kier alpha value is -2.30. The second kappa shape index (κ2) is 5.36. The van der Waals surface area contributed by atoms with Crippen LogP contribution in [0.1, 0.15) is 25.8 Å². The molecule has 0 amide bonds. The topological polar surface area (TPSA) is 80.9 Å². The number of hydrogen-bond donors (Lipinski definition) is 2. The van der Waals surface area contributed by atoms with Gasteiger partial charge in [-0.25, -0.2) is 4.79 Å². The average Bonchev–Trinajstić information content (AvgIpc) is 2.36. The van der Waals surface area contributed by atoms with Crippen molar-refractivity contribution in [3.05, 3.63) is 62.8 Å². The third-order valence-corrected chi connectivity index (χ3v) is 3.44. The number of aromatic nitrogens is 2. The maximum Gasteiger partial charge on any atom is 0.330 e. The summed E-state index contributed by atoms with van der Waals surface area (Å²) in [7, 11) is 0. The van der Waals surface area contributed by atoms with Crippen molar-refractivity contribution in [1.29, 1.82) is 0 Å². The van der Waals surface area contributed by atoms with Crippen LogP contribution in [0.25, 0.3) is 0 Å². The lowest BCUT2D eigenvalue weighted by Crippen LogP contribution is -2.42. The fourth-order valence-electron chi connectivity index (χ4n) is 2.34. The van der Waals surface area contributed by atoms with Crippen molar-refractivity contribution in [1.82, 2.24) is 9.55 Å². The normalized spacial score (nSPS) is 11.5. The van der Waals surface area contributed by atoms with Crippen molar-refractivity contribution in [2.75, 3.05) is 5.73 Å². The first-order valence-electron chi connectivity index (χ1n) is 6.56. The third-order valence-electron chi connectivity index (χ3n) is 3.44. The summed E-state index contributed by atoms with van der Waals surface area (Å²) < 4.78 is 1.44. The number of nitrogens with one attached hydrogen (secondary N) is 1. The van der Waals surface area contributed by atoms with E-state index in [0.29, 0.717) is 0 Å². The largest absolute Gasteiger partial charge is 0.385 e. The van der Waals surface area contributed by atoms with E-state index in [0.717, 1.165) is 12.8 Å². The molecule has 1 aromatic heterocycles. The van der Waals surface area contributed by atoms with Crippen LogP contribution in [0.2, 0.25) is 0 Å². The Bertz CT molecular complexity index is 699. The molecule has 0 fully saturated rings. The van der Waals surface area contributed by atoms with Gasteiger partial charge in [0, 0.05) is 11.6 Å². The van der Waals surface area contributed by atoms with E-state index >= 15 is 0 Å². The van der Waals surface area contributed by atoms with Crippen LogP contribution in [0, 0.1) is 0 Å². The Morgan fingerprint density at radius 3 is 2.45 bits per heavy atom. The molecule has 5 nitrogen and oxygen atoms in total. The zero-order valence-electron chi connectivity index (χ0n) is 11.7. The summed E-state index contributed by atoms with van der Waals surface area (Å²) in [6, 6.07) is 11.3. The molecule has 0 aliphatic heterocycles. The molecule has 0 spiro atoms. The zero-order valence-corrected chi connectivity index (χ0v) is 11.7. The van der Waals surface area contributed by atoms with E-state index in [2.05, 4.69) is 17.1 Å². The van der Waals surface area contributed by atoms with Gasteiger partial charge in [0.1, 0.15) is 5.82 Å². The molecule has 0 atom stereocenters. The summed E-state index contributed by atoms with van der Waals surface area (Å²) in [5.74, 6) is 0.191. The van der Waals surface area contributed by atoms with Gasteiger partial charge in [0.15, 0.2) is 0 Å². The maximum absolute atomic E-state index is 11.9. The van der Waals surface area contributed by atoms with E-state index in [9.17, 15) is 9.59 Å². The number of aryl methyl sites for hydroxylation is 1. The molecule has 3 N–H and O–H groups in total. The number of rotatable bonds is 4. The van der Waals surface area contributed by atoms with Gasteiger partial charge in [0.25, 0.3) is 5.56 Å². The number of H-pyrrole nitrogens is 1. The molecule has 0 radical (unpaired) electrons. The molecule has 1 heterocycles. The second-order valence-corrected chi connectivity index (χ2v) is 5.50. The minimum atomic E-state index is -0.471. The lowest BCUT2D eigenvalue weighted by atomic mass is 9.95. The Labute approximate surface area is 117 Å². The highest BCUT2D eigenvalue weighted by Gasteiger charge is 2.23. The standard InChI is InChI=1S/C15H19N3O2/c1-15(2,9-8-11-6-4-3-5-7-11)18-12(16)10-13(19)17-14(18)20/h3-7,10H,8-9,16H2,1-2H3,(H,17,19,20). The predicted molar refractivity (Wildman–Crippen MR) is 79.8 cm³/mol. The number of nitrogens with zero attached hydrogens (tertiary/aromatic N) is 1. The fraction of sp³-hybridized carbons (Fsp3) is 0.333.